The van der Waals surface area contributed by atoms with Crippen molar-refractivity contribution in [3.63, 3.8) is 0 Å². The summed E-state index contributed by atoms with van der Waals surface area (Å²) in [5.41, 5.74) is 7.88. The van der Waals surface area contributed by atoms with E-state index in [0.29, 0.717) is 18.5 Å². The molecule has 1 heterocycles. The number of hydrogen-bond acceptors (Lipinski definition) is 5. The number of hydrogen-bond donors (Lipinski definition) is 2. The van der Waals surface area contributed by atoms with Gasteiger partial charge in [0.25, 0.3) is 0 Å². The summed E-state index contributed by atoms with van der Waals surface area (Å²) in [7, 11) is 0. The molecule has 0 bridgehead atoms. The van der Waals surface area contributed by atoms with Crippen molar-refractivity contribution in [3.8, 4) is 0 Å². The Morgan fingerprint density at radius 2 is 1.88 bits per heavy atom. The molecule has 0 amide bonds. The molecule has 0 radical (unpaired) electrons. The van der Waals surface area contributed by atoms with Crippen LogP contribution < -0.4 is 11.1 Å². The van der Waals surface area contributed by atoms with Crippen LogP contribution >= 0.6 is 0 Å². The van der Waals surface area contributed by atoms with Crippen LogP contribution in [-0.2, 0) is 19.5 Å². The van der Waals surface area contributed by atoms with Crippen molar-refractivity contribution in [2.24, 2.45) is 5.73 Å². The second-order valence-corrected chi connectivity index (χ2v) is 3.73. The van der Waals surface area contributed by atoms with Gasteiger partial charge in [-0.25, -0.2) is 0 Å². The molecule has 0 fully saturated rings. The fourth-order valence-electron chi connectivity index (χ4n) is 1.48. The van der Waals surface area contributed by atoms with Crippen molar-refractivity contribution < 1.29 is 4.42 Å². The maximum absolute atomic E-state index is 5.38. The first-order chi connectivity index (χ1) is 8.31. The fourth-order valence-corrected chi connectivity index (χ4v) is 1.48. The minimum absolute atomic E-state index is 0.264. The molecule has 3 N–H and O–H groups in total. The molecule has 0 aliphatic carbocycles. The van der Waals surface area contributed by atoms with Gasteiger partial charge in [0, 0.05) is 6.54 Å². The second kappa shape index (κ2) is 5.45. The molecule has 0 saturated heterocycles. The smallest absolute Gasteiger partial charge is 0.315 e. The van der Waals surface area contributed by atoms with Gasteiger partial charge >= 0.3 is 6.01 Å². The van der Waals surface area contributed by atoms with Gasteiger partial charge < -0.3 is 15.5 Å². The second-order valence-electron chi connectivity index (χ2n) is 3.73. The van der Waals surface area contributed by atoms with Crippen molar-refractivity contribution >= 4 is 6.01 Å². The zero-order valence-electron chi connectivity index (χ0n) is 9.81. The van der Waals surface area contributed by atoms with Crippen LogP contribution in [0.25, 0.3) is 0 Å². The third kappa shape index (κ3) is 3.04. The van der Waals surface area contributed by atoms with Gasteiger partial charge in [0.15, 0.2) is 0 Å². The zero-order chi connectivity index (χ0) is 12.1. The molecular formula is C12H16N4O. The third-order valence-corrected chi connectivity index (χ3v) is 2.52. The van der Waals surface area contributed by atoms with Crippen LogP contribution in [-0.4, -0.2) is 10.2 Å². The summed E-state index contributed by atoms with van der Waals surface area (Å²) < 4.78 is 5.24. The lowest BCUT2D eigenvalue weighted by molar-refractivity contribution is 0.507. The van der Waals surface area contributed by atoms with Gasteiger partial charge in [0.1, 0.15) is 0 Å². The van der Waals surface area contributed by atoms with E-state index >= 15 is 0 Å². The Morgan fingerprint density at radius 3 is 2.47 bits per heavy atom. The van der Waals surface area contributed by atoms with E-state index in [1.165, 1.54) is 11.1 Å². The largest absolute Gasteiger partial charge is 0.407 e. The van der Waals surface area contributed by atoms with Crippen LogP contribution in [0.4, 0.5) is 6.01 Å². The molecule has 1 aromatic carbocycles. The van der Waals surface area contributed by atoms with Crippen LogP contribution in [0, 0.1) is 0 Å². The van der Waals surface area contributed by atoms with Gasteiger partial charge in [-0.3, -0.25) is 0 Å². The number of aryl methyl sites for hydroxylation is 1. The highest BCUT2D eigenvalue weighted by Gasteiger charge is 2.03. The Balaban J connectivity index is 1.92. The van der Waals surface area contributed by atoms with Crippen LogP contribution in [0.1, 0.15) is 23.9 Å². The minimum Gasteiger partial charge on any atom is -0.407 e. The normalized spacial score (nSPS) is 10.5. The highest BCUT2D eigenvalue weighted by Crippen LogP contribution is 2.09. The topological polar surface area (TPSA) is 77.0 Å². The van der Waals surface area contributed by atoms with Crippen LogP contribution in [0.3, 0.4) is 0 Å². The Kier molecular flexibility index (Phi) is 3.72. The van der Waals surface area contributed by atoms with Crippen molar-refractivity contribution in [2.75, 3.05) is 5.32 Å². The summed E-state index contributed by atoms with van der Waals surface area (Å²) in [5.74, 6) is 0.439. The average Bonchev–Trinajstić information content (AvgIpc) is 2.85. The molecule has 0 unspecified atom stereocenters. The molecule has 0 saturated carbocycles. The Hall–Kier alpha value is -1.88. The standard InChI is InChI=1S/C12H16N4O/c1-2-9-3-5-10(6-4-9)8-14-12-16-15-11(7-13)17-12/h3-6H,2,7-8,13H2,1H3,(H,14,16). The van der Waals surface area contributed by atoms with E-state index < -0.39 is 0 Å². The maximum atomic E-state index is 5.38. The molecular weight excluding hydrogens is 216 g/mol. The molecule has 5 nitrogen and oxygen atoms in total. The van der Waals surface area contributed by atoms with Gasteiger partial charge in [0.2, 0.25) is 5.89 Å². The van der Waals surface area contributed by atoms with E-state index in [0.717, 1.165) is 6.42 Å². The predicted molar refractivity (Wildman–Crippen MR) is 65.3 cm³/mol. The third-order valence-electron chi connectivity index (χ3n) is 2.52. The lowest BCUT2D eigenvalue weighted by Crippen LogP contribution is -1.99. The summed E-state index contributed by atoms with van der Waals surface area (Å²) in [5, 5.41) is 10.7. The van der Waals surface area contributed by atoms with Crippen LogP contribution in [0.2, 0.25) is 0 Å². The highest BCUT2D eigenvalue weighted by atomic mass is 16.4. The van der Waals surface area contributed by atoms with Crippen molar-refractivity contribution in [3.05, 3.63) is 41.3 Å². The number of anilines is 1. The Labute approximate surface area is 100 Å². The van der Waals surface area contributed by atoms with Crippen molar-refractivity contribution in [1.29, 1.82) is 0 Å². The summed E-state index contributed by atoms with van der Waals surface area (Å²) in [6.45, 7) is 3.07. The van der Waals surface area contributed by atoms with Crippen molar-refractivity contribution in [2.45, 2.75) is 26.4 Å². The van der Waals surface area contributed by atoms with E-state index in [4.69, 9.17) is 10.2 Å². The van der Waals surface area contributed by atoms with E-state index in [9.17, 15) is 0 Å². The molecule has 0 aliphatic rings. The number of nitrogens with zero attached hydrogens (tertiary/aromatic N) is 2. The first kappa shape index (κ1) is 11.6. The molecule has 5 heteroatoms. The molecule has 2 aromatic rings. The number of nitrogens with two attached hydrogens (primary N) is 1. The summed E-state index contributed by atoms with van der Waals surface area (Å²) in [6.07, 6.45) is 1.05. The van der Waals surface area contributed by atoms with E-state index in [1.54, 1.807) is 0 Å². The molecule has 0 spiro atoms. The molecule has 17 heavy (non-hydrogen) atoms. The van der Waals surface area contributed by atoms with E-state index in [2.05, 4.69) is 46.7 Å². The Bertz CT molecular complexity index is 464. The zero-order valence-corrected chi connectivity index (χ0v) is 9.81. The first-order valence-electron chi connectivity index (χ1n) is 5.66. The lowest BCUT2D eigenvalue weighted by atomic mass is 10.1. The Morgan fingerprint density at radius 1 is 1.18 bits per heavy atom. The molecule has 1 aromatic heterocycles. The quantitative estimate of drug-likeness (QED) is 0.820. The monoisotopic (exact) mass is 232 g/mol. The highest BCUT2D eigenvalue weighted by molar-refractivity contribution is 5.26. The lowest BCUT2D eigenvalue weighted by Gasteiger charge is -2.02. The van der Waals surface area contributed by atoms with Gasteiger partial charge in [0.05, 0.1) is 6.54 Å². The van der Waals surface area contributed by atoms with Gasteiger partial charge in [-0.2, -0.15) is 0 Å². The first-order valence-corrected chi connectivity index (χ1v) is 5.66. The number of nitrogens with one attached hydrogen (secondary N) is 1. The summed E-state index contributed by atoms with van der Waals surface area (Å²) in [6, 6.07) is 8.83. The predicted octanol–water partition coefficient (Wildman–Crippen LogP) is 1.70. The molecule has 0 aliphatic heterocycles. The minimum atomic E-state index is 0.264. The maximum Gasteiger partial charge on any atom is 0.315 e. The molecule has 2 rings (SSSR count). The van der Waals surface area contributed by atoms with Gasteiger partial charge in [-0.05, 0) is 17.5 Å². The van der Waals surface area contributed by atoms with Crippen LogP contribution in [0.15, 0.2) is 28.7 Å². The number of benzene rings is 1. The van der Waals surface area contributed by atoms with Crippen molar-refractivity contribution in [1.82, 2.24) is 10.2 Å². The SMILES string of the molecule is CCc1ccc(CNc2nnc(CN)o2)cc1. The number of aromatic nitrogens is 2. The fraction of sp³-hybridized carbons (Fsp3) is 0.333. The average molecular weight is 232 g/mol. The van der Waals surface area contributed by atoms with E-state index in [-0.39, 0.29) is 6.54 Å². The molecule has 90 valence electrons. The molecule has 0 atom stereocenters. The van der Waals surface area contributed by atoms with Crippen LogP contribution in [0.5, 0.6) is 0 Å². The van der Waals surface area contributed by atoms with E-state index in [1.807, 2.05) is 0 Å². The number of rotatable bonds is 5. The van der Waals surface area contributed by atoms with Gasteiger partial charge in [-0.1, -0.05) is 36.3 Å². The summed E-state index contributed by atoms with van der Waals surface area (Å²) >= 11 is 0. The summed E-state index contributed by atoms with van der Waals surface area (Å²) in [4.78, 5) is 0. The van der Waals surface area contributed by atoms with Gasteiger partial charge in [-0.15, -0.1) is 5.10 Å².